The van der Waals surface area contributed by atoms with Crippen LogP contribution < -0.4 is 0 Å². The highest BCUT2D eigenvalue weighted by Gasteiger charge is 2.33. The normalized spacial score (nSPS) is 21.4. The van der Waals surface area contributed by atoms with Gasteiger partial charge in [0.1, 0.15) is 6.33 Å². The molecule has 2 heterocycles. The van der Waals surface area contributed by atoms with Gasteiger partial charge in [0.2, 0.25) is 0 Å². The zero-order valence-corrected chi connectivity index (χ0v) is 16.2. The summed E-state index contributed by atoms with van der Waals surface area (Å²) in [4.78, 5) is 17.8. The van der Waals surface area contributed by atoms with Gasteiger partial charge < -0.3 is 4.90 Å². The summed E-state index contributed by atoms with van der Waals surface area (Å²) in [6.45, 7) is 8.50. The van der Waals surface area contributed by atoms with E-state index in [9.17, 15) is 4.79 Å². The molecular formula is C20H28N6O. The average Bonchev–Trinajstić information content (AvgIpc) is 3.38. The number of benzene rings is 1. The zero-order chi connectivity index (χ0) is 18.8. The predicted molar refractivity (Wildman–Crippen MR) is 103 cm³/mol. The van der Waals surface area contributed by atoms with E-state index in [1.165, 1.54) is 19.4 Å². The van der Waals surface area contributed by atoms with Gasteiger partial charge in [0.05, 0.1) is 5.69 Å². The van der Waals surface area contributed by atoms with E-state index in [2.05, 4.69) is 34.3 Å². The first-order valence-electron chi connectivity index (χ1n) is 9.98. The van der Waals surface area contributed by atoms with Crippen LogP contribution in [0.1, 0.15) is 43.5 Å². The molecule has 2 fully saturated rings. The molecule has 144 valence electrons. The highest BCUT2D eigenvalue weighted by Crippen LogP contribution is 2.32. The van der Waals surface area contributed by atoms with Gasteiger partial charge in [-0.25, -0.2) is 4.68 Å². The van der Waals surface area contributed by atoms with Crippen molar-refractivity contribution in [2.45, 2.75) is 39.2 Å². The molecule has 27 heavy (non-hydrogen) atoms. The summed E-state index contributed by atoms with van der Waals surface area (Å²) >= 11 is 0. The van der Waals surface area contributed by atoms with Gasteiger partial charge in [0.15, 0.2) is 0 Å². The van der Waals surface area contributed by atoms with E-state index >= 15 is 0 Å². The molecule has 1 aromatic carbocycles. The maximum Gasteiger partial charge on any atom is 0.253 e. The molecule has 7 nitrogen and oxygen atoms in total. The third kappa shape index (κ3) is 4.18. The minimum atomic E-state index is 0.122. The fourth-order valence-corrected chi connectivity index (χ4v) is 3.96. The van der Waals surface area contributed by atoms with Crippen LogP contribution in [0, 0.1) is 11.8 Å². The molecule has 1 aliphatic heterocycles. The Hall–Kier alpha value is -2.28. The molecule has 1 aromatic heterocycles. The maximum absolute atomic E-state index is 13.1. The fraction of sp³-hybridized carbons (Fsp3) is 0.600. The molecular weight excluding hydrogens is 340 g/mol. The number of tetrazole rings is 1. The second-order valence-electron chi connectivity index (χ2n) is 8.16. The van der Waals surface area contributed by atoms with Crippen molar-refractivity contribution < 1.29 is 4.79 Å². The second-order valence-corrected chi connectivity index (χ2v) is 8.16. The Balaban J connectivity index is 1.47. The molecule has 1 unspecified atom stereocenters. The van der Waals surface area contributed by atoms with Gasteiger partial charge in [-0.3, -0.25) is 9.69 Å². The second kappa shape index (κ2) is 7.76. The Bertz CT molecular complexity index is 753. The van der Waals surface area contributed by atoms with Crippen LogP contribution in [0.25, 0.3) is 5.69 Å². The molecule has 4 rings (SSSR count). The van der Waals surface area contributed by atoms with Crippen LogP contribution in [0.5, 0.6) is 0 Å². The number of hydrogen-bond acceptors (Lipinski definition) is 5. The average molecular weight is 368 g/mol. The molecule has 0 N–H and O–H groups in total. The third-order valence-electron chi connectivity index (χ3n) is 5.72. The van der Waals surface area contributed by atoms with Gasteiger partial charge in [-0.2, -0.15) is 0 Å². The van der Waals surface area contributed by atoms with Crippen LogP contribution in [0.3, 0.4) is 0 Å². The molecule has 7 heteroatoms. The van der Waals surface area contributed by atoms with Crippen molar-refractivity contribution in [2.24, 2.45) is 11.8 Å². The Labute approximate surface area is 160 Å². The number of rotatable bonds is 5. The van der Waals surface area contributed by atoms with E-state index in [0.29, 0.717) is 12.0 Å². The Morgan fingerprint density at radius 1 is 1.19 bits per heavy atom. The van der Waals surface area contributed by atoms with Crippen molar-refractivity contribution in [3.05, 3.63) is 36.2 Å². The molecule has 2 aliphatic rings. The van der Waals surface area contributed by atoms with Gasteiger partial charge in [-0.15, -0.1) is 5.10 Å². The van der Waals surface area contributed by atoms with Crippen molar-refractivity contribution >= 4 is 5.91 Å². The topological polar surface area (TPSA) is 67.2 Å². The molecule has 0 bridgehead atoms. The molecule has 1 saturated carbocycles. The van der Waals surface area contributed by atoms with E-state index < -0.39 is 0 Å². The summed E-state index contributed by atoms with van der Waals surface area (Å²) in [6.07, 6.45) is 5.34. The van der Waals surface area contributed by atoms with Crippen LogP contribution in [0.15, 0.2) is 30.6 Å². The smallest absolute Gasteiger partial charge is 0.253 e. The standard InChI is InChI=1S/C20H28N6O/c1-15(2)19-13-25(11-3-10-24(19)12-16-4-5-16)20(27)17-6-8-18(9-7-17)26-14-21-22-23-26/h6-9,14-16,19H,3-5,10-13H2,1-2H3. The summed E-state index contributed by atoms with van der Waals surface area (Å²) in [5.74, 6) is 1.55. The number of amides is 1. The molecule has 0 radical (unpaired) electrons. The lowest BCUT2D eigenvalue weighted by Gasteiger charge is -2.34. The predicted octanol–water partition coefficient (Wildman–Crippen LogP) is 2.24. The summed E-state index contributed by atoms with van der Waals surface area (Å²) in [5.41, 5.74) is 1.58. The molecule has 1 saturated heterocycles. The Kier molecular flexibility index (Phi) is 5.20. The van der Waals surface area contributed by atoms with Gasteiger partial charge in [0, 0.05) is 37.8 Å². The summed E-state index contributed by atoms with van der Waals surface area (Å²) in [5, 5.41) is 11.2. The monoisotopic (exact) mass is 368 g/mol. The SMILES string of the molecule is CC(C)C1CN(C(=O)c2ccc(-n3cnnn3)cc2)CCCN1CC1CC1. The first-order chi connectivity index (χ1) is 13.1. The number of carbonyl (C=O) groups excluding carboxylic acids is 1. The number of hydrogen-bond donors (Lipinski definition) is 0. The first kappa shape index (κ1) is 18.1. The van der Waals surface area contributed by atoms with Gasteiger partial charge in [-0.1, -0.05) is 13.8 Å². The number of aromatic nitrogens is 4. The van der Waals surface area contributed by atoms with Crippen LogP contribution in [-0.4, -0.2) is 68.1 Å². The van der Waals surface area contributed by atoms with E-state index in [4.69, 9.17) is 0 Å². The van der Waals surface area contributed by atoms with Crippen LogP contribution in [0.2, 0.25) is 0 Å². The third-order valence-corrected chi connectivity index (χ3v) is 5.72. The van der Waals surface area contributed by atoms with E-state index in [1.807, 2.05) is 29.2 Å². The molecule has 2 aromatic rings. The van der Waals surface area contributed by atoms with Crippen LogP contribution >= 0.6 is 0 Å². The molecule has 0 spiro atoms. The largest absolute Gasteiger partial charge is 0.337 e. The quantitative estimate of drug-likeness (QED) is 0.810. The minimum absolute atomic E-state index is 0.122. The van der Waals surface area contributed by atoms with Crippen molar-refractivity contribution in [2.75, 3.05) is 26.2 Å². The van der Waals surface area contributed by atoms with Crippen LogP contribution in [0.4, 0.5) is 0 Å². The number of carbonyl (C=O) groups is 1. The molecule has 1 atom stereocenters. The first-order valence-corrected chi connectivity index (χ1v) is 9.98. The highest BCUT2D eigenvalue weighted by molar-refractivity contribution is 5.94. The maximum atomic E-state index is 13.1. The summed E-state index contributed by atoms with van der Waals surface area (Å²) in [6, 6.07) is 7.96. The van der Waals surface area contributed by atoms with Crippen LogP contribution in [-0.2, 0) is 0 Å². The van der Waals surface area contributed by atoms with E-state index in [1.54, 1.807) is 11.0 Å². The fourth-order valence-electron chi connectivity index (χ4n) is 3.96. The van der Waals surface area contributed by atoms with Crippen molar-refractivity contribution in [1.29, 1.82) is 0 Å². The Morgan fingerprint density at radius 3 is 2.59 bits per heavy atom. The lowest BCUT2D eigenvalue weighted by Crippen LogP contribution is -2.46. The van der Waals surface area contributed by atoms with Gasteiger partial charge in [0.25, 0.3) is 5.91 Å². The lowest BCUT2D eigenvalue weighted by atomic mass is 10.0. The van der Waals surface area contributed by atoms with Crippen molar-refractivity contribution in [3.8, 4) is 5.69 Å². The highest BCUT2D eigenvalue weighted by atomic mass is 16.2. The lowest BCUT2D eigenvalue weighted by molar-refractivity contribution is 0.0704. The molecule has 1 aliphatic carbocycles. The summed E-state index contributed by atoms with van der Waals surface area (Å²) < 4.78 is 1.59. The van der Waals surface area contributed by atoms with Gasteiger partial charge >= 0.3 is 0 Å². The number of nitrogens with zero attached hydrogens (tertiary/aromatic N) is 6. The zero-order valence-electron chi connectivity index (χ0n) is 16.2. The Morgan fingerprint density at radius 2 is 1.96 bits per heavy atom. The molecule has 1 amide bonds. The minimum Gasteiger partial charge on any atom is -0.337 e. The summed E-state index contributed by atoms with van der Waals surface area (Å²) in [7, 11) is 0. The van der Waals surface area contributed by atoms with Crippen molar-refractivity contribution in [3.63, 3.8) is 0 Å². The van der Waals surface area contributed by atoms with E-state index in [0.717, 1.165) is 43.2 Å². The van der Waals surface area contributed by atoms with Gasteiger partial charge in [-0.05, 0) is 65.8 Å². The van der Waals surface area contributed by atoms with E-state index in [-0.39, 0.29) is 5.91 Å². The van der Waals surface area contributed by atoms with Crippen molar-refractivity contribution in [1.82, 2.24) is 30.0 Å².